The number of amides is 1. The van der Waals surface area contributed by atoms with Crippen molar-refractivity contribution in [2.24, 2.45) is 0 Å². The van der Waals surface area contributed by atoms with Gasteiger partial charge in [-0.1, -0.05) is 6.92 Å². The van der Waals surface area contributed by atoms with Crippen LogP contribution < -0.4 is 16.2 Å². The molecule has 3 N–H and O–H groups in total. The van der Waals surface area contributed by atoms with Gasteiger partial charge in [-0.15, -0.1) is 0 Å². The first kappa shape index (κ1) is 24.4. The predicted octanol–water partition coefficient (Wildman–Crippen LogP) is 2.38. The lowest BCUT2D eigenvalue weighted by molar-refractivity contribution is -0.172. The number of hydrogen-bond acceptors (Lipinski definition) is 7. The monoisotopic (exact) mass is 532 g/mol. The van der Waals surface area contributed by atoms with Gasteiger partial charge in [-0.3, -0.25) is 9.59 Å². The molecule has 2 aromatic heterocycles. The SMILES string of the molecule is CC[C@@]1(O)C(=O)OCc2c1cc1n(c2=O)Cc2c-1nc1cc(F)c(C)c3c1c2[C@@H](NC(=O)[C@@H]1CCCN1)CC3. The smallest absolute Gasteiger partial charge is 0.343 e. The molecular weight excluding hydrogens is 503 g/mol. The number of aryl methyl sites for hydroxylation is 1. The molecule has 39 heavy (non-hydrogen) atoms. The predicted molar refractivity (Wildman–Crippen MR) is 139 cm³/mol. The maximum absolute atomic E-state index is 15.0. The molecule has 3 atom stereocenters. The lowest BCUT2D eigenvalue weighted by Crippen LogP contribution is -2.44. The Bertz CT molecular complexity index is 1680. The molecule has 0 bridgehead atoms. The third kappa shape index (κ3) is 3.31. The molecule has 202 valence electrons. The Morgan fingerprint density at radius 3 is 2.85 bits per heavy atom. The number of rotatable bonds is 3. The fourth-order valence-corrected chi connectivity index (χ4v) is 6.88. The molecule has 0 unspecified atom stereocenters. The van der Waals surface area contributed by atoms with Crippen molar-refractivity contribution >= 4 is 22.8 Å². The largest absolute Gasteiger partial charge is 0.458 e. The zero-order chi connectivity index (χ0) is 27.2. The standard InChI is InChI=1S/C29H29FN4O5/c1-3-29(38)17-9-22-25-15(11-34(22)27(36)16(17)12-39-28(29)37)24-19(33-26(35)20-5-4-8-31-20)7-6-14-13(2)18(30)10-21(32-25)23(14)24/h9-10,19-20,31,38H,3-8,11-12H2,1-2H3,(H,33,35)/t19-,20-,29-/m0/s1. The number of aromatic nitrogens is 2. The van der Waals surface area contributed by atoms with Crippen LogP contribution in [0.5, 0.6) is 0 Å². The lowest BCUT2D eigenvalue weighted by atomic mass is 9.81. The van der Waals surface area contributed by atoms with Crippen molar-refractivity contribution < 1.29 is 23.8 Å². The van der Waals surface area contributed by atoms with Crippen LogP contribution in [-0.2, 0) is 39.5 Å². The molecule has 3 aliphatic heterocycles. The average Bonchev–Trinajstić information content (AvgIpc) is 3.59. The summed E-state index contributed by atoms with van der Waals surface area (Å²) < 4.78 is 21.8. The van der Waals surface area contributed by atoms with Gasteiger partial charge in [-0.25, -0.2) is 14.2 Å². The molecule has 0 radical (unpaired) electrons. The van der Waals surface area contributed by atoms with E-state index in [2.05, 4.69) is 10.6 Å². The van der Waals surface area contributed by atoms with Gasteiger partial charge in [0.2, 0.25) is 5.91 Å². The third-order valence-electron chi connectivity index (χ3n) is 9.07. The molecule has 1 fully saturated rings. The Kier molecular flexibility index (Phi) is 5.28. The highest BCUT2D eigenvalue weighted by Crippen LogP contribution is 2.46. The molecule has 4 aliphatic rings. The van der Waals surface area contributed by atoms with Crippen LogP contribution in [0.1, 0.15) is 72.0 Å². The van der Waals surface area contributed by atoms with E-state index in [1.807, 2.05) is 0 Å². The third-order valence-corrected chi connectivity index (χ3v) is 9.07. The van der Waals surface area contributed by atoms with E-state index in [1.165, 1.54) is 6.07 Å². The number of carbonyl (C=O) groups is 2. The summed E-state index contributed by atoms with van der Waals surface area (Å²) in [6.07, 6.45) is 2.96. The number of nitrogens with zero attached hydrogens (tertiary/aromatic N) is 2. The highest BCUT2D eigenvalue weighted by Gasteiger charge is 2.46. The van der Waals surface area contributed by atoms with E-state index in [9.17, 15) is 19.5 Å². The van der Waals surface area contributed by atoms with Gasteiger partial charge in [-0.2, -0.15) is 0 Å². The number of pyridine rings is 2. The van der Waals surface area contributed by atoms with Crippen LogP contribution in [0.4, 0.5) is 4.39 Å². The summed E-state index contributed by atoms with van der Waals surface area (Å²) in [5.74, 6) is -1.20. The summed E-state index contributed by atoms with van der Waals surface area (Å²) in [7, 11) is 0. The van der Waals surface area contributed by atoms with Gasteiger partial charge < -0.3 is 25.0 Å². The van der Waals surface area contributed by atoms with Gasteiger partial charge in [0, 0.05) is 22.6 Å². The van der Waals surface area contributed by atoms with Crippen LogP contribution in [0.15, 0.2) is 16.9 Å². The first-order chi connectivity index (χ1) is 18.7. The number of nitrogens with one attached hydrogen (secondary N) is 2. The molecule has 10 heteroatoms. The second kappa shape index (κ2) is 8.43. The molecule has 3 aromatic rings. The Balaban J connectivity index is 1.46. The number of aliphatic hydroxyl groups is 1. The fraction of sp³-hybridized carbons (Fsp3) is 0.448. The second-order valence-corrected chi connectivity index (χ2v) is 11.1. The molecule has 9 nitrogen and oxygen atoms in total. The summed E-state index contributed by atoms with van der Waals surface area (Å²) in [4.78, 5) is 44.2. The quantitative estimate of drug-likeness (QED) is 0.346. The Hall–Kier alpha value is -3.63. The number of esters is 1. The van der Waals surface area contributed by atoms with E-state index >= 15 is 4.39 Å². The summed E-state index contributed by atoms with van der Waals surface area (Å²) in [6.45, 7) is 4.23. The van der Waals surface area contributed by atoms with Gasteiger partial charge in [0.15, 0.2) is 5.60 Å². The first-order valence-corrected chi connectivity index (χ1v) is 13.6. The van der Waals surface area contributed by atoms with E-state index in [4.69, 9.17) is 9.72 Å². The van der Waals surface area contributed by atoms with Crippen LogP contribution in [0, 0.1) is 12.7 Å². The summed E-state index contributed by atoms with van der Waals surface area (Å²) in [5.41, 5.74) is 2.72. The van der Waals surface area contributed by atoms with Gasteiger partial charge in [-0.05, 0) is 68.3 Å². The fourth-order valence-electron chi connectivity index (χ4n) is 6.88. The molecule has 1 amide bonds. The van der Waals surface area contributed by atoms with Crippen LogP contribution in [0.2, 0.25) is 0 Å². The van der Waals surface area contributed by atoms with Crippen LogP contribution >= 0.6 is 0 Å². The van der Waals surface area contributed by atoms with E-state index in [0.29, 0.717) is 35.3 Å². The van der Waals surface area contributed by atoms with Gasteiger partial charge in [0.05, 0.1) is 41.1 Å². The minimum atomic E-state index is -1.93. The summed E-state index contributed by atoms with van der Waals surface area (Å²) in [6, 6.07) is 2.50. The molecule has 1 saturated heterocycles. The second-order valence-electron chi connectivity index (χ2n) is 11.1. The van der Waals surface area contributed by atoms with Crippen molar-refractivity contribution in [1.82, 2.24) is 20.2 Å². The number of halogens is 1. The summed E-state index contributed by atoms with van der Waals surface area (Å²) in [5, 5.41) is 18.5. The van der Waals surface area contributed by atoms with Crippen molar-refractivity contribution in [3.05, 3.63) is 61.7 Å². The highest BCUT2D eigenvalue weighted by molar-refractivity contribution is 5.94. The Morgan fingerprint density at radius 1 is 1.28 bits per heavy atom. The molecule has 5 heterocycles. The molecule has 1 aromatic carbocycles. The van der Waals surface area contributed by atoms with Crippen molar-refractivity contribution in [2.45, 2.75) is 76.8 Å². The Morgan fingerprint density at radius 2 is 2.10 bits per heavy atom. The average molecular weight is 533 g/mol. The molecular formula is C29H29FN4O5. The number of carbonyl (C=O) groups excluding carboxylic acids is 2. The Labute approximate surface area is 223 Å². The van der Waals surface area contributed by atoms with Gasteiger partial charge in [0.25, 0.3) is 5.56 Å². The van der Waals surface area contributed by atoms with Crippen molar-refractivity contribution in [3.8, 4) is 11.4 Å². The number of benzene rings is 1. The zero-order valence-corrected chi connectivity index (χ0v) is 21.8. The molecule has 7 rings (SSSR count). The van der Waals surface area contributed by atoms with E-state index in [-0.39, 0.29) is 60.1 Å². The zero-order valence-electron chi connectivity index (χ0n) is 21.8. The number of ether oxygens (including phenoxy) is 1. The van der Waals surface area contributed by atoms with Crippen LogP contribution in [0.3, 0.4) is 0 Å². The first-order valence-electron chi connectivity index (χ1n) is 13.6. The minimum Gasteiger partial charge on any atom is -0.458 e. The molecule has 0 saturated carbocycles. The van der Waals surface area contributed by atoms with E-state index in [0.717, 1.165) is 41.5 Å². The maximum Gasteiger partial charge on any atom is 0.343 e. The van der Waals surface area contributed by atoms with Crippen LogP contribution in [0.25, 0.3) is 22.3 Å². The van der Waals surface area contributed by atoms with Crippen molar-refractivity contribution in [1.29, 1.82) is 0 Å². The number of hydrogen-bond donors (Lipinski definition) is 3. The normalized spacial score (nSPS) is 24.8. The van der Waals surface area contributed by atoms with Crippen molar-refractivity contribution in [2.75, 3.05) is 6.54 Å². The van der Waals surface area contributed by atoms with E-state index in [1.54, 1.807) is 24.5 Å². The summed E-state index contributed by atoms with van der Waals surface area (Å²) >= 11 is 0. The molecule has 0 spiro atoms. The maximum atomic E-state index is 15.0. The highest BCUT2D eigenvalue weighted by atomic mass is 19.1. The van der Waals surface area contributed by atoms with Crippen LogP contribution in [-0.4, -0.2) is 39.1 Å². The van der Waals surface area contributed by atoms with Gasteiger partial charge in [0.1, 0.15) is 12.4 Å². The molecule has 1 aliphatic carbocycles. The lowest BCUT2D eigenvalue weighted by Gasteiger charge is -2.31. The van der Waals surface area contributed by atoms with Gasteiger partial charge >= 0.3 is 5.97 Å². The van der Waals surface area contributed by atoms with E-state index < -0.39 is 11.6 Å². The number of fused-ring (bicyclic) bond motifs is 5. The topological polar surface area (TPSA) is 123 Å². The van der Waals surface area contributed by atoms with Crippen molar-refractivity contribution in [3.63, 3.8) is 0 Å². The minimum absolute atomic E-state index is 0.0438. The number of cyclic esters (lactones) is 1.